The van der Waals surface area contributed by atoms with Crippen molar-refractivity contribution in [3.8, 4) is 5.75 Å². The van der Waals surface area contributed by atoms with Gasteiger partial charge in [-0.15, -0.1) is 5.10 Å². The Morgan fingerprint density at radius 1 is 1.08 bits per heavy atom. The molecule has 8 heteroatoms. The van der Waals surface area contributed by atoms with E-state index in [0.717, 1.165) is 53.7 Å². The smallest absolute Gasteiger partial charge is 0.252 e. The van der Waals surface area contributed by atoms with Crippen molar-refractivity contribution in [2.24, 2.45) is 5.92 Å². The summed E-state index contributed by atoms with van der Waals surface area (Å²) in [6.45, 7) is 7.69. The summed E-state index contributed by atoms with van der Waals surface area (Å²) < 4.78 is 7.82. The molecule has 194 valence electrons. The minimum Gasteiger partial charge on any atom is -0.494 e. The molecule has 0 unspecified atom stereocenters. The molecule has 2 aromatic heterocycles. The summed E-state index contributed by atoms with van der Waals surface area (Å²) in [7, 11) is 0. The Balaban J connectivity index is 1.54. The zero-order valence-electron chi connectivity index (χ0n) is 21.9. The van der Waals surface area contributed by atoms with Crippen LogP contribution in [0.4, 0.5) is 0 Å². The number of aromatic amines is 1. The number of rotatable bonds is 9. The summed E-state index contributed by atoms with van der Waals surface area (Å²) in [5, 5.41) is 14.2. The lowest BCUT2D eigenvalue weighted by Crippen LogP contribution is -2.43. The van der Waals surface area contributed by atoms with Gasteiger partial charge in [-0.05, 0) is 73.2 Å². The van der Waals surface area contributed by atoms with Gasteiger partial charge in [0, 0.05) is 29.1 Å². The summed E-state index contributed by atoms with van der Waals surface area (Å²) in [4.78, 5) is 18.9. The van der Waals surface area contributed by atoms with Crippen LogP contribution in [0.3, 0.4) is 0 Å². The molecule has 0 bridgehead atoms. The fourth-order valence-corrected chi connectivity index (χ4v) is 6.30. The van der Waals surface area contributed by atoms with Crippen LogP contribution in [-0.2, 0) is 6.54 Å². The van der Waals surface area contributed by atoms with Crippen molar-refractivity contribution in [3.05, 3.63) is 46.0 Å². The number of tetrazole rings is 1. The second kappa shape index (κ2) is 11.1. The van der Waals surface area contributed by atoms with Crippen LogP contribution >= 0.6 is 0 Å². The quantitative estimate of drug-likeness (QED) is 0.421. The third-order valence-corrected chi connectivity index (χ3v) is 8.04. The maximum atomic E-state index is 13.3. The van der Waals surface area contributed by atoms with E-state index in [-0.39, 0.29) is 11.6 Å². The number of ether oxygens (including phenoxy) is 1. The molecule has 8 nitrogen and oxygen atoms in total. The maximum absolute atomic E-state index is 13.3. The molecule has 0 aliphatic heterocycles. The van der Waals surface area contributed by atoms with Crippen molar-refractivity contribution in [1.82, 2.24) is 30.1 Å². The van der Waals surface area contributed by atoms with E-state index >= 15 is 0 Å². The van der Waals surface area contributed by atoms with Crippen LogP contribution in [-0.4, -0.2) is 42.7 Å². The zero-order valence-corrected chi connectivity index (χ0v) is 21.9. The fourth-order valence-electron chi connectivity index (χ4n) is 6.30. The molecule has 5 rings (SSSR count). The van der Waals surface area contributed by atoms with E-state index in [1.54, 1.807) is 0 Å². The van der Waals surface area contributed by atoms with E-state index in [1.807, 2.05) is 31.2 Å². The molecule has 2 heterocycles. The number of hydrogen-bond acceptors (Lipinski definition) is 6. The van der Waals surface area contributed by atoms with Crippen LogP contribution in [0.25, 0.3) is 10.9 Å². The standard InChI is InChI=1S/C28H40N6O2/c1-4-36-24-14-15-25-20(17-24)16-21(28(35)29-25)18-33(22-10-6-5-7-11-22)26(19(2)3)27-30-31-32-34(27)23-12-8-9-13-23/h14-17,19,22-23,26H,4-13,18H2,1-3H3,(H,29,35)/t26-/m0/s1. The molecule has 0 amide bonds. The van der Waals surface area contributed by atoms with E-state index in [4.69, 9.17) is 4.74 Å². The Labute approximate surface area is 213 Å². The second-order valence-electron chi connectivity index (χ2n) is 10.9. The molecule has 1 atom stereocenters. The van der Waals surface area contributed by atoms with Gasteiger partial charge in [0.2, 0.25) is 0 Å². The Morgan fingerprint density at radius 2 is 1.83 bits per heavy atom. The van der Waals surface area contributed by atoms with Crippen molar-refractivity contribution >= 4 is 10.9 Å². The fraction of sp³-hybridized carbons (Fsp3) is 0.643. The number of aromatic nitrogens is 5. The van der Waals surface area contributed by atoms with Gasteiger partial charge in [-0.25, -0.2) is 4.68 Å². The highest BCUT2D eigenvalue weighted by atomic mass is 16.5. The lowest BCUT2D eigenvalue weighted by atomic mass is 9.90. The maximum Gasteiger partial charge on any atom is 0.252 e. The Morgan fingerprint density at radius 3 is 2.56 bits per heavy atom. The number of hydrogen-bond donors (Lipinski definition) is 1. The van der Waals surface area contributed by atoms with Crippen LogP contribution < -0.4 is 10.3 Å². The van der Waals surface area contributed by atoms with E-state index in [0.29, 0.717) is 31.2 Å². The molecule has 1 aromatic carbocycles. The van der Waals surface area contributed by atoms with Gasteiger partial charge in [-0.1, -0.05) is 46.0 Å². The highest BCUT2D eigenvalue weighted by Gasteiger charge is 2.36. The van der Waals surface area contributed by atoms with Gasteiger partial charge in [-0.2, -0.15) is 0 Å². The summed E-state index contributed by atoms with van der Waals surface area (Å²) in [5.41, 5.74) is 1.60. The first-order valence-electron chi connectivity index (χ1n) is 13.9. The summed E-state index contributed by atoms with van der Waals surface area (Å²) in [6.07, 6.45) is 10.8. The predicted octanol–water partition coefficient (Wildman–Crippen LogP) is 5.56. The normalized spacial score (nSPS) is 18.5. The third-order valence-electron chi connectivity index (χ3n) is 8.04. The van der Waals surface area contributed by atoms with E-state index in [2.05, 4.69) is 43.9 Å². The number of nitrogens with one attached hydrogen (secondary N) is 1. The highest BCUT2D eigenvalue weighted by Crippen LogP contribution is 2.38. The average molecular weight is 493 g/mol. The highest BCUT2D eigenvalue weighted by molar-refractivity contribution is 5.80. The summed E-state index contributed by atoms with van der Waals surface area (Å²) >= 11 is 0. The van der Waals surface area contributed by atoms with Gasteiger partial charge < -0.3 is 9.72 Å². The van der Waals surface area contributed by atoms with Crippen molar-refractivity contribution in [3.63, 3.8) is 0 Å². The largest absolute Gasteiger partial charge is 0.494 e. The zero-order chi connectivity index (χ0) is 25.1. The van der Waals surface area contributed by atoms with E-state index < -0.39 is 0 Å². The van der Waals surface area contributed by atoms with Crippen molar-refractivity contribution in [2.75, 3.05) is 6.61 Å². The molecule has 36 heavy (non-hydrogen) atoms. The molecular weight excluding hydrogens is 452 g/mol. The van der Waals surface area contributed by atoms with Gasteiger partial charge in [0.15, 0.2) is 5.82 Å². The molecule has 2 aliphatic rings. The number of pyridine rings is 1. The Hall–Kier alpha value is -2.74. The van der Waals surface area contributed by atoms with Gasteiger partial charge >= 0.3 is 0 Å². The van der Waals surface area contributed by atoms with E-state index in [9.17, 15) is 4.79 Å². The lowest BCUT2D eigenvalue weighted by Gasteiger charge is -2.41. The SMILES string of the molecule is CCOc1ccc2[nH]c(=O)c(CN(C3CCCCC3)[C@H](c3nnnn3C3CCCC3)C(C)C)cc2c1. The van der Waals surface area contributed by atoms with Gasteiger partial charge in [-0.3, -0.25) is 9.69 Å². The van der Waals surface area contributed by atoms with Crippen LogP contribution in [0, 0.1) is 5.92 Å². The summed E-state index contributed by atoms with van der Waals surface area (Å²) in [6, 6.07) is 8.74. The molecule has 2 fully saturated rings. The second-order valence-corrected chi connectivity index (χ2v) is 10.9. The van der Waals surface area contributed by atoms with Crippen molar-refractivity contribution in [1.29, 1.82) is 0 Å². The molecule has 3 aromatic rings. The Bertz CT molecular complexity index is 1210. The molecule has 1 N–H and O–H groups in total. The van der Waals surface area contributed by atoms with Crippen LogP contribution in [0.1, 0.15) is 102 Å². The lowest BCUT2D eigenvalue weighted by molar-refractivity contribution is 0.0598. The summed E-state index contributed by atoms with van der Waals surface area (Å²) in [5.74, 6) is 2.09. The predicted molar refractivity (Wildman–Crippen MR) is 141 cm³/mol. The first-order valence-corrected chi connectivity index (χ1v) is 13.9. The average Bonchev–Trinajstić information content (AvgIpc) is 3.57. The molecule has 0 spiro atoms. The number of benzene rings is 1. The Kier molecular flexibility index (Phi) is 7.70. The number of fused-ring (bicyclic) bond motifs is 1. The van der Waals surface area contributed by atoms with Gasteiger partial charge in [0.25, 0.3) is 5.56 Å². The minimum atomic E-state index is -0.0228. The van der Waals surface area contributed by atoms with Crippen LogP contribution in [0.5, 0.6) is 5.75 Å². The number of H-pyrrole nitrogens is 1. The molecule has 0 radical (unpaired) electrons. The van der Waals surface area contributed by atoms with Crippen molar-refractivity contribution in [2.45, 2.75) is 103 Å². The first-order chi connectivity index (χ1) is 17.5. The minimum absolute atomic E-state index is 0.0228. The molecule has 0 saturated heterocycles. The monoisotopic (exact) mass is 492 g/mol. The third kappa shape index (κ3) is 5.19. The first kappa shape index (κ1) is 24.9. The van der Waals surface area contributed by atoms with Crippen LogP contribution in [0.15, 0.2) is 29.1 Å². The van der Waals surface area contributed by atoms with Crippen LogP contribution in [0.2, 0.25) is 0 Å². The molecular formula is C28H40N6O2. The van der Waals surface area contributed by atoms with Crippen molar-refractivity contribution < 1.29 is 4.74 Å². The molecule has 2 saturated carbocycles. The molecule has 2 aliphatic carbocycles. The van der Waals surface area contributed by atoms with Gasteiger partial charge in [0.05, 0.1) is 18.7 Å². The van der Waals surface area contributed by atoms with E-state index in [1.165, 1.54) is 32.1 Å². The number of nitrogens with zero attached hydrogens (tertiary/aromatic N) is 5. The van der Waals surface area contributed by atoms with Gasteiger partial charge in [0.1, 0.15) is 5.75 Å². The topological polar surface area (TPSA) is 88.9 Å².